The second-order valence-electron chi connectivity index (χ2n) is 4.48. The molecule has 0 saturated heterocycles. The van der Waals surface area contributed by atoms with Crippen molar-refractivity contribution in [2.75, 3.05) is 13.7 Å². The van der Waals surface area contributed by atoms with Crippen molar-refractivity contribution in [2.24, 2.45) is 4.99 Å². The van der Waals surface area contributed by atoms with E-state index in [4.69, 9.17) is 0 Å². The van der Waals surface area contributed by atoms with Crippen LogP contribution >= 0.6 is 0 Å². The minimum atomic E-state index is -0.562. The number of carbonyl (C=O) groups is 5. The fourth-order valence-corrected chi connectivity index (χ4v) is 1.03. The zero-order chi connectivity index (χ0) is 18.7. The molecule has 0 fully saturated rings. The molecule has 23 heavy (non-hydrogen) atoms. The Morgan fingerprint density at radius 2 is 1.35 bits per heavy atom. The van der Waals surface area contributed by atoms with Crippen LogP contribution in [0, 0.1) is 0 Å². The lowest BCUT2D eigenvalue weighted by molar-refractivity contribution is -0.156. The number of aliphatic imine (C=N–C) groups is 1. The first kappa shape index (κ1) is 22.7. The fraction of sp³-hybridized carbons (Fsp3) is 0.571. The van der Waals surface area contributed by atoms with Gasteiger partial charge in [0, 0.05) is 41.7 Å². The predicted octanol–water partition coefficient (Wildman–Crippen LogP) is 0.332. The summed E-state index contributed by atoms with van der Waals surface area (Å²) in [4.78, 5) is 57.3. The molecule has 3 amide bonds. The van der Waals surface area contributed by atoms with E-state index >= 15 is 0 Å². The number of amides is 3. The van der Waals surface area contributed by atoms with E-state index in [-0.39, 0.29) is 17.7 Å². The standard InChI is InChI=1S/C5H8N2O.C5H9NO2.C4H6O3/c1-4-6-3-7(4)5(2)8;1-4(7)6(3)5(2)8;1-3(5)7-4(2)6/h3H2,1-2H3;1-3H3;1-2H3. The monoisotopic (exact) mass is 329 g/mol. The molecule has 0 aromatic carbocycles. The Balaban J connectivity index is 0. The Hall–Kier alpha value is -2.58. The lowest BCUT2D eigenvalue weighted by Crippen LogP contribution is -2.41. The molecule has 0 spiro atoms. The van der Waals surface area contributed by atoms with E-state index in [1.165, 1.54) is 41.7 Å². The maximum atomic E-state index is 10.5. The van der Waals surface area contributed by atoms with Crippen molar-refractivity contribution in [3.63, 3.8) is 0 Å². The number of hydrogen-bond acceptors (Lipinski definition) is 7. The molecule has 0 aromatic heterocycles. The summed E-state index contributed by atoms with van der Waals surface area (Å²) in [7, 11) is 1.45. The van der Waals surface area contributed by atoms with Gasteiger partial charge in [0.1, 0.15) is 12.5 Å². The number of carbonyl (C=O) groups excluding carboxylic acids is 5. The first-order valence-electron chi connectivity index (χ1n) is 6.63. The van der Waals surface area contributed by atoms with Crippen LogP contribution in [0.25, 0.3) is 0 Å². The predicted molar refractivity (Wildman–Crippen MR) is 82.1 cm³/mol. The molecule has 9 nitrogen and oxygen atoms in total. The van der Waals surface area contributed by atoms with Gasteiger partial charge in [-0.05, 0) is 6.92 Å². The van der Waals surface area contributed by atoms with Gasteiger partial charge in [0.05, 0.1) is 0 Å². The summed E-state index contributed by atoms with van der Waals surface area (Å²) in [6.07, 6.45) is 0. The van der Waals surface area contributed by atoms with Crippen molar-refractivity contribution in [2.45, 2.75) is 41.5 Å². The van der Waals surface area contributed by atoms with E-state index in [1.807, 2.05) is 6.92 Å². The molecule has 0 bridgehead atoms. The van der Waals surface area contributed by atoms with Gasteiger partial charge in [0.2, 0.25) is 17.7 Å². The highest BCUT2D eigenvalue weighted by Gasteiger charge is 2.17. The molecule has 0 N–H and O–H groups in total. The quantitative estimate of drug-likeness (QED) is 0.467. The van der Waals surface area contributed by atoms with Crippen molar-refractivity contribution in [3.05, 3.63) is 0 Å². The van der Waals surface area contributed by atoms with Crippen molar-refractivity contribution < 1.29 is 28.7 Å². The zero-order valence-corrected chi connectivity index (χ0v) is 14.5. The van der Waals surface area contributed by atoms with Gasteiger partial charge < -0.3 is 4.74 Å². The van der Waals surface area contributed by atoms with Crippen LogP contribution in [0.4, 0.5) is 0 Å². The first-order chi connectivity index (χ1) is 10.4. The van der Waals surface area contributed by atoms with E-state index in [0.717, 1.165) is 10.7 Å². The number of imide groups is 1. The zero-order valence-electron chi connectivity index (χ0n) is 14.5. The summed E-state index contributed by atoms with van der Waals surface area (Å²) < 4.78 is 3.97. The van der Waals surface area contributed by atoms with Crippen LogP contribution in [0.1, 0.15) is 41.5 Å². The lowest BCUT2D eigenvalue weighted by Gasteiger charge is -2.25. The molecule has 0 aromatic rings. The smallest absolute Gasteiger partial charge is 0.310 e. The third-order valence-electron chi connectivity index (χ3n) is 2.44. The normalized spacial score (nSPS) is 11.3. The maximum Gasteiger partial charge on any atom is 0.310 e. The lowest BCUT2D eigenvalue weighted by atomic mass is 10.4. The van der Waals surface area contributed by atoms with Crippen LogP contribution in [-0.2, 0) is 28.7 Å². The first-order valence-corrected chi connectivity index (χ1v) is 6.63. The second kappa shape index (κ2) is 11.0. The molecular weight excluding hydrogens is 306 g/mol. The number of rotatable bonds is 0. The van der Waals surface area contributed by atoms with Crippen molar-refractivity contribution in [1.82, 2.24) is 9.80 Å². The summed E-state index contributed by atoms with van der Waals surface area (Å²) in [6, 6.07) is 0. The summed E-state index contributed by atoms with van der Waals surface area (Å²) >= 11 is 0. The molecule has 0 saturated carbocycles. The van der Waals surface area contributed by atoms with Gasteiger partial charge in [-0.3, -0.25) is 38.8 Å². The molecule has 0 aliphatic carbocycles. The Morgan fingerprint density at radius 3 is 1.35 bits per heavy atom. The molecule has 1 rings (SSSR count). The number of amidine groups is 1. The summed E-state index contributed by atoms with van der Waals surface area (Å²) in [5.41, 5.74) is 0. The van der Waals surface area contributed by atoms with E-state index in [2.05, 4.69) is 9.73 Å². The highest BCUT2D eigenvalue weighted by molar-refractivity contribution is 5.98. The third kappa shape index (κ3) is 11.7. The maximum absolute atomic E-state index is 10.5. The number of ether oxygens (including phenoxy) is 1. The molecule has 0 atom stereocenters. The van der Waals surface area contributed by atoms with Crippen LogP contribution in [-0.4, -0.2) is 59.0 Å². The molecule has 0 unspecified atom stereocenters. The van der Waals surface area contributed by atoms with Gasteiger partial charge in [-0.15, -0.1) is 0 Å². The van der Waals surface area contributed by atoms with Crippen LogP contribution < -0.4 is 0 Å². The van der Waals surface area contributed by atoms with Gasteiger partial charge in [-0.1, -0.05) is 0 Å². The minimum Gasteiger partial charge on any atom is -0.394 e. The number of hydrogen-bond donors (Lipinski definition) is 0. The van der Waals surface area contributed by atoms with Crippen molar-refractivity contribution >= 4 is 35.5 Å². The Labute approximate surface area is 135 Å². The van der Waals surface area contributed by atoms with Crippen molar-refractivity contribution in [1.29, 1.82) is 0 Å². The van der Waals surface area contributed by atoms with E-state index in [1.54, 1.807) is 4.90 Å². The number of nitrogens with zero attached hydrogens (tertiary/aromatic N) is 3. The average molecular weight is 329 g/mol. The highest BCUT2D eigenvalue weighted by atomic mass is 16.6. The molecule has 1 aliphatic rings. The fourth-order valence-electron chi connectivity index (χ4n) is 1.03. The topological polar surface area (TPSA) is 113 Å². The van der Waals surface area contributed by atoms with Gasteiger partial charge in [-0.2, -0.15) is 0 Å². The van der Waals surface area contributed by atoms with Crippen LogP contribution in [0.15, 0.2) is 4.99 Å². The average Bonchev–Trinajstić information content (AvgIpc) is 2.34. The van der Waals surface area contributed by atoms with Gasteiger partial charge in [-0.25, -0.2) is 0 Å². The van der Waals surface area contributed by atoms with Crippen LogP contribution in [0.5, 0.6) is 0 Å². The van der Waals surface area contributed by atoms with E-state index in [9.17, 15) is 24.0 Å². The summed E-state index contributed by atoms with van der Waals surface area (Å²) in [5, 5.41) is 0. The Morgan fingerprint density at radius 1 is 0.957 bits per heavy atom. The van der Waals surface area contributed by atoms with Gasteiger partial charge in [0.25, 0.3) is 0 Å². The van der Waals surface area contributed by atoms with Gasteiger partial charge in [0.15, 0.2) is 0 Å². The molecule has 0 radical (unpaired) electrons. The third-order valence-corrected chi connectivity index (χ3v) is 2.44. The van der Waals surface area contributed by atoms with E-state index in [0.29, 0.717) is 6.67 Å². The van der Waals surface area contributed by atoms with E-state index < -0.39 is 11.9 Å². The molecule has 1 heterocycles. The van der Waals surface area contributed by atoms with Crippen LogP contribution in [0.3, 0.4) is 0 Å². The Kier molecular flexibility index (Phi) is 10.9. The largest absolute Gasteiger partial charge is 0.394 e. The Bertz CT molecular complexity index is 470. The minimum absolute atomic E-state index is 0.0810. The molecule has 1 aliphatic heterocycles. The number of esters is 2. The van der Waals surface area contributed by atoms with Crippen molar-refractivity contribution in [3.8, 4) is 0 Å². The van der Waals surface area contributed by atoms with Gasteiger partial charge >= 0.3 is 11.9 Å². The SMILES string of the molecule is CC(=O)N(C)C(C)=O.CC(=O)N1CN=C1C.CC(=O)OC(C)=O. The summed E-state index contributed by atoms with van der Waals surface area (Å²) in [6.45, 7) is 8.98. The highest BCUT2D eigenvalue weighted by Crippen LogP contribution is 2.02. The molecule has 130 valence electrons. The summed E-state index contributed by atoms with van der Waals surface area (Å²) in [5.74, 6) is -0.662. The molecular formula is C14H23N3O6. The van der Waals surface area contributed by atoms with Crippen LogP contribution in [0.2, 0.25) is 0 Å². The molecule has 9 heteroatoms. The second-order valence-corrected chi connectivity index (χ2v) is 4.48.